The van der Waals surface area contributed by atoms with E-state index in [9.17, 15) is 14.7 Å². The fourth-order valence-corrected chi connectivity index (χ4v) is 5.19. The fraction of sp³-hybridized carbons (Fsp3) is 0.700. The van der Waals surface area contributed by atoms with E-state index in [0.717, 1.165) is 30.4 Å². The molecule has 0 aromatic rings. The van der Waals surface area contributed by atoms with Crippen LogP contribution in [0.3, 0.4) is 0 Å². The maximum atomic E-state index is 12.8. The Morgan fingerprint density at radius 2 is 1.96 bits per heavy atom. The summed E-state index contributed by atoms with van der Waals surface area (Å²) in [6, 6.07) is 0. The number of carbonyl (C=O) groups is 2. The Labute approximate surface area is 144 Å². The van der Waals surface area contributed by atoms with E-state index in [1.807, 2.05) is 19.9 Å². The van der Waals surface area contributed by atoms with Gasteiger partial charge in [-0.25, -0.2) is 4.79 Å². The molecule has 3 aliphatic rings. The number of hydrogen-bond acceptors (Lipinski definition) is 3. The van der Waals surface area contributed by atoms with Crippen molar-refractivity contribution in [2.75, 3.05) is 0 Å². The summed E-state index contributed by atoms with van der Waals surface area (Å²) >= 11 is 0. The summed E-state index contributed by atoms with van der Waals surface area (Å²) in [5.41, 5.74) is 0.589. The Hall–Kier alpha value is -1.58. The van der Waals surface area contributed by atoms with Gasteiger partial charge in [-0.05, 0) is 48.5 Å². The van der Waals surface area contributed by atoms with E-state index in [0.29, 0.717) is 12.8 Å². The first-order chi connectivity index (χ1) is 11.0. The number of allylic oxidation sites excluding steroid dienone is 1. The van der Waals surface area contributed by atoms with Gasteiger partial charge < -0.3 is 9.84 Å². The number of carboxylic acid groups (broad SMARTS) is 1. The molecular formula is C20H28O4. The smallest absolute Gasteiger partial charge is 0.334 e. The third-order valence-corrected chi connectivity index (χ3v) is 6.82. The van der Waals surface area contributed by atoms with Crippen molar-refractivity contribution < 1.29 is 19.4 Å². The molecule has 0 unspecified atom stereocenters. The Morgan fingerprint density at radius 1 is 1.29 bits per heavy atom. The zero-order valence-corrected chi connectivity index (χ0v) is 15.1. The number of carbonyl (C=O) groups excluding carboxylic acids is 1. The van der Waals surface area contributed by atoms with E-state index in [1.54, 1.807) is 0 Å². The van der Waals surface area contributed by atoms with Gasteiger partial charge in [0.05, 0.1) is 5.92 Å². The standard InChI is InChI=1S/C20H28O4/c1-6-19(4)10-13(16(21)22)20(5)12-8-7-9-18(2,3)15(12)17(23)24-14(20)11-19/h6,13-14H,1,7-11H2,2-5H3,(H,21,22)/t13-,14-,19+,20-/m0/s1. The van der Waals surface area contributed by atoms with Crippen LogP contribution in [0, 0.1) is 22.2 Å². The maximum absolute atomic E-state index is 12.8. The van der Waals surface area contributed by atoms with Gasteiger partial charge in [0.1, 0.15) is 6.10 Å². The van der Waals surface area contributed by atoms with Crippen LogP contribution in [0.4, 0.5) is 0 Å². The molecule has 1 fully saturated rings. The molecule has 3 rings (SSSR count). The van der Waals surface area contributed by atoms with E-state index in [-0.39, 0.29) is 16.8 Å². The summed E-state index contributed by atoms with van der Waals surface area (Å²) in [5, 5.41) is 9.96. The molecule has 0 radical (unpaired) electrons. The highest BCUT2D eigenvalue weighted by molar-refractivity contribution is 5.93. The fourth-order valence-electron chi connectivity index (χ4n) is 5.19. The second-order valence-electron chi connectivity index (χ2n) is 8.92. The van der Waals surface area contributed by atoms with Crippen LogP contribution in [0.25, 0.3) is 0 Å². The predicted molar refractivity (Wildman–Crippen MR) is 91.3 cm³/mol. The normalized spacial score (nSPS) is 41.1. The summed E-state index contributed by atoms with van der Waals surface area (Å²) in [5.74, 6) is -1.61. The van der Waals surface area contributed by atoms with Crippen LogP contribution in [0.2, 0.25) is 0 Å². The molecule has 1 aliphatic heterocycles. The molecule has 4 nitrogen and oxygen atoms in total. The van der Waals surface area contributed by atoms with Gasteiger partial charge in [-0.2, -0.15) is 0 Å². The van der Waals surface area contributed by atoms with Gasteiger partial charge in [0.15, 0.2) is 0 Å². The van der Waals surface area contributed by atoms with Crippen molar-refractivity contribution in [3.8, 4) is 0 Å². The zero-order valence-electron chi connectivity index (χ0n) is 15.1. The van der Waals surface area contributed by atoms with Gasteiger partial charge in [-0.15, -0.1) is 6.58 Å². The number of carboxylic acids is 1. The molecule has 0 amide bonds. The van der Waals surface area contributed by atoms with Crippen LogP contribution in [-0.4, -0.2) is 23.1 Å². The summed E-state index contributed by atoms with van der Waals surface area (Å²) in [7, 11) is 0. The minimum atomic E-state index is -0.802. The van der Waals surface area contributed by atoms with Gasteiger partial charge in [0.25, 0.3) is 0 Å². The summed E-state index contributed by atoms with van der Waals surface area (Å²) in [6.45, 7) is 12.0. The number of fused-ring (bicyclic) bond motifs is 2. The van der Waals surface area contributed by atoms with Crippen molar-refractivity contribution in [1.29, 1.82) is 0 Å². The molecule has 4 heteroatoms. The largest absolute Gasteiger partial charge is 0.481 e. The maximum Gasteiger partial charge on any atom is 0.334 e. The second kappa shape index (κ2) is 5.21. The molecule has 132 valence electrons. The van der Waals surface area contributed by atoms with E-state index in [2.05, 4.69) is 20.4 Å². The lowest BCUT2D eigenvalue weighted by Gasteiger charge is -2.56. The second-order valence-corrected chi connectivity index (χ2v) is 8.92. The van der Waals surface area contributed by atoms with Crippen LogP contribution in [0.1, 0.15) is 59.8 Å². The third-order valence-electron chi connectivity index (χ3n) is 6.82. The van der Waals surface area contributed by atoms with Gasteiger partial charge in [-0.3, -0.25) is 4.79 Å². The minimum absolute atomic E-state index is 0.241. The van der Waals surface area contributed by atoms with Crippen LogP contribution in [0.5, 0.6) is 0 Å². The Kier molecular flexibility index (Phi) is 3.74. The van der Waals surface area contributed by atoms with Gasteiger partial charge in [0, 0.05) is 11.0 Å². The van der Waals surface area contributed by atoms with Crippen molar-refractivity contribution in [2.24, 2.45) is 22.2 Å². The first-order valence-corrected chi connectivity index (χ1v) is 8.87. The van der Waals surface area contributed by atoms with Crippen molar-refractivity contribution in [2.45, 2.75) is 65.9 Å². The zero-order chi connectivity index (χ0) is 17.9. The third kappa shape index (κ3) is 2.26. The van der Waals surface area contributed by atoms with Gasteiger partial charge in [0.2, 0.25) is 0 Å². The molecule has 1 saturated carbocycles. The van der Waals surface area contributed by atoms with Crippen molar-refractivity contribution in [1.82, 2.24) is 0 Å². The van der Waals surface area contributed by atoms with E-state index >= 15 is 0 Å². The summed E-state index contributed by atoms with van der Waals surface area (Å²) in [4.78, 5) is 24.9. The molecule has 0 aromatic heterocycles. The number of ether oxygens (including phenoxy) is 1. The van der Waals surface area contributed by atoms with E-state index < -0.39 is 23.4 Å². The molecule has 2 aliphatic carbocycles. The Bertz CT molecular complexity index is 644. The molecule has 1 N–H and O–H groups in total. The average Bonchev–Trinajstić information content (AvgIpc) is 2.48. The van der Waals surface area contributed by atoms with Gasteiger partial charge in [-0.1, -0.05) is 33.8 Å². The summed E-state index contributed by atoms with van der Waals surface area (Å²) < 4.78 is 5.87. The lowest BCUT2D eigenvalue weighted by Crippen LogP contribution is -2.57. The topological polar surface area (TPSA) is 63.6 Å². The minimum Gasteiger partial charge on any atom is -0.481 e. The van der Waals surface area contributed by atoms with Crippen LogP contribution >= 0.6 is 0 Å². The highest BCUT2D eigenvalue weighted by atomic mass is 16.5. The highest BCUT2D eigenvalue weighted by Crippen LogP contribution is 2.60. The molecule has 0 spiro atoms. The lowest BCUT2D eigenvalue weighted by atomic mass is 9.51. The predicted octanol–water partition coefficient (Wildman–Crippen LogP) is 4.11. The molecular weight excluding hydrogens is 304 g/mol. The Balaban J connectivity index is 2.20. The van der Waals surface area contributed by atoms with Gasteiger partial charge >= 0.3 is 11.9 Å². The number of hydrogen-bond donors (Lipinski definition) is 1. The molecule has 0 saturated heterocycles. The first kappa shape index (κ1) is 17.2. The van der Waals surface area contributed by atoms with Crippen LogP contribution in [0.15, 0.2) is 23.8 Å². The molecule has 0 aromatic carbocycles. The van der Waals surface area contributed by atoms with E-state index in [4.69, 9.17) is 4.74 Å². The summed E-state index contributed by atoms with van der Waals surface area (Å²) in [6.07, 6.45) is 5.33. The highest BCUT2D eigenvalue weighted by Gasteiger charge is 2.60. The van der Waals surface area contributed by atoms with Crippen LogP contribution in [-0.2, 0) is 14.3 Å². The van der Waals surface area contributed by atoms with Crippen molar-refractivity contribution >= 4 is 11.9 Å². The van der Waals surface area contributed by atoms with Crippen molar-refractivity contribution in [3.63, 3.8) is 0 Å². The molecule has 0 bridgehead atoms. The number of esters is 1. The molecule has 24 heavy (non-hydrogen) atoms. The number of rotatable bonds is 2. The first-order valence-electron chi connectivity index (χ1n) is 8.87. The Morgan fingerprint density at radius 3 is 2.54 bits per heavy atom. The SMILES string of the molecule is C=C[C@@]1(C)C[C@@H]2OC(=O)C3=C(CCCC3(C)C)[C@@]2(C)[C@H](C(=O)O)C1. The number of aliphatic carboxylic acids is 1. The average molecular weight is 332 g/mol. The lowest BCUT2D eigenvalue weighted by molar-refractivity contribution is -0.177. The van der Waals surface area contributed by atoms with E-state index in [1.165, 1.54) is 0 Å². The molecule has 1 heterocycles. The molecule has 4 atom stereocenters. The van der Waals surface area contributed by atoms with Crippen molar-refractivity contribution in [3.05, 3.63) is 23.8 Å². The monoisotopic (exact) mass is 332 g/mol. The quantitative estimate of drug-likeness (QED) is 0.610. The van der Waals surface area contributed by atoms with Crippen LogP contribution < -0.4 is 0 Å².